The summed E-state index contributed by atoms with van der Waals surface area (Å²) >= 11 is 8.30. The van der Waals surface area contributed by atoms with Gasteiger partial charge in [-0.1, -0.05) is 41.9 Å². The van der Waals surface area contributed by atoms with Crippen LogP contribution in [0.5, 0.6) is 5.75 Å². The molecule has 0 radical (unpaired) electrons. The average molecular weight is 605 g/mol. The van der Waals surface area contributed by atoms with Crippen LogP contribution in [0.15, 0.2) is 66.2 Å². The second-order valence-corrected chi connectivity index (χ2v) is 9.16. The molecule has 3 aromatic rings. The number of hydrogen-bond acceptors (Lipinski definition) is 4. The summed E-state index contributed by atoms with van der Waals surface area (Å²) in [4.78, 5) is 39.0. The van der Waals surface area contributed by atoms with Crippen molar-refractivity contribution >= 4 is 63.8 Å². The fourth-order valence-electron chi connectivity index (χ4n) is 3.68. The SMILES string of the molecule is CCOc1cc(/C=C2\C(=O)NC(=O)N(c3ccccc3Cl)C2=O)cc(I)c1Cc1ccccc1F. The maximum Gasteiger partial charge on any atom is 0.335 e. The van der Waals surface area contributed by atoms with Crippen molar-refractivity contribution in [3.63, 3.8) is 0 Å². The number of amides is 4. The van der Waals surface area contributed by atoms with E-state index in [2.05, 4.69) is 27.9 Å². The van der Waals surface area contributed by atoms with Gasteiger partial charge in [0.15, 0.2) is 0 Å². The number of anilines is 1. The Labute approximate surface area is 219 Å². The predicted octanol–water partition coefficient (Wildman–Crippen LogP) is 5.74. The molecule has 35 heavy (non-hydrogen) atoms. The van der Waals surface area contributed by atoms with E-state index in [1.807, 2.05) is 6.92 Å². The van der Waals surface area contributed by atoms with Crippen LogP contribution in [-0.4, -0.2) is 24.5 Å². The van der Waals surface area contributed by atoms with Gasteiger partial charge in [-0.15, -0.1) is 0 Å². The van der Waals surface area contributed by atoms with Gasteiger partial charge in [0.05, 0.1) is 17.3 Å². The van der Waals surface area contributed by atoms with Gasteiger partial charge in [-0.25, -0.2) is 14.1 Å². The fourth-order valence-corrected chi connectivity index (χ4v) is 4.71. The third kappa shape index (κ3) is 5.23. The first kappa shape index (κ1) is 24.9. The van der Waals surface area contributed by atoms with Gasteiger partial charge in [0, 0.05) is 15.6 Å². The zero-order valence-electron chi connectivity index (χ0n) is 18.5. The summed E-state index contributed by atoms with van der Waals surface area (Å²) < 4.78 is 20.8. The third-order valence-corrected chi connectivity index (χ3v) is 6.59. The lowest BCUT2D eigenvalue weighted by molar-refractivity contribution is -0.122. The minimum Gasteiger partial charge on any atom is -0.494 e. The molecule has 0 aromatic heterocycles. The topological polar surface area (TPSA) is 75.7 Å². The summed E-state index contributed by atoms with van der Waals surface area (Å²) in [5, 5.41) is 2.38. The van der Waals surface area contributed by atoms with Crippen molar-refractivity contribution < 1.29 is 23.5 Å². The number of halogens is 3. The minimum absolute atomic E-state index is 0.167. The maximum absolute atomic E-state index is 14.3. The van der Waals surface area contributed by atoms with E-state index in [9.17, 15) is 18.8 Å². The number of nitrogens with zero attached hydrogens (tertiary/aromatic N) is 1. The first-order chi connectivity index (χ1) is 16.8. The Balaban J connectivity index is 1.74. The molecule has 9 heteroatoms. The molecule has 0 bridgehead atoms. The number of barbiturate groups is 1. The molecule has 0 unspecified atom stereocenters. The molecule has 4 rings (SSSR count). The van der Waals surface area contributed by atoms with Gasteiger partial charge in [-0.05, 0) is 77.0 Å². The van der Waals surface area contributed by atoms with E-state index in [1.54, 1.807) is 48.5 Å². The highest BCUT2D eigenvalue weighted by atomic mass is 127. The first-order valence-corrected chi connectivity index (χ1v) is 12.1. The number of benzene rings is 3. The molecule has 1 saturated heterocycles. The van der Waals surface area contributed by atoms with Gasteiger partial charge < -0.3 is 4.74 Å². The van der Waals surface area contributed by atoms with Crippen LogP contribution >= 0.6 is 34.2 Å². The molecular weight excluding hydrogens is 586 g/mol. The van der Waals surface area contributed by atoms with Gasteiger partial charge in [-0.3, -0.25) is 14.9 Å². The molecule has 1 aliphatic rings. The highest BCUT2D eigenvalue weighted by molar-refractivity contribution is 14.1. The van der Waals surface area contributed by atoms with Crippen molar-refractivity contribution in [3.05, 3.63) is 97.3 Å². The van der Waals surface area contributed by atoms with E-state index in [-0.39, 0.29) is 22.1 Å². The van der Waals surface area contributed by atoms with Crippen LogP contribution in [0.1, 0.15) is 23.6 Å². The van der Waals surface area contributed by atoms with Gasteiger partial charge in [0.2, 0.25) is 0 Å². The highest BCUT2D eigenvalue weighted by Crippen LogP contribution is 2.32. The average Bonchev–Trinajstić information content (AvgIpc) is 2.81. The summed E-state index contributed by atoms with van der Waals surface area (Å²) in [6.45, 7) is 2.20. The minimum atomic E-state index is -0.880. The normalized spacial score (nSPS) is 14.9. The zero-order valence-corrected chi connectivity index (χ0v) is 21.4. The number of urea groups is 1. The zero-order chi connectivity index (χ0) is 25.1. The number of imide groups is 2. The smallest absolute Gasteiger partial charge is 0.335 e. The largest absolute Gasteiger partial charge is 0.494 e. The Hall–Kier alpha value is -3.24. The van der Waals surface area contributed by atoms with E-state index in [1.165, 1.54) is 18.2 Å². The van der Waals surface area contributed by atoms with E-state index < -0.39 is 17.8 Å². The monoisotopic (exact) mass is 604 g/mol. The van der Waals surface area contributed by atoms with Gasteiger partial charge in [-0.2, -0.15) is 0 Å². The molecule has 0 spiro atoms. The molecule has 3 aromatic carbocycles. The van der Waals surface area contributed by atoms with Crippen LogP contribution in [-0.2, 0) is 16.0 Å². The molecule has 0 atom stereocenters. The van der Waals surface area contributed by atoms with Crippen molar-refractivity contribution in [2.24, 2.45) is 0 Å². The van der Waals surface area contributed by atoms with Crippen molar-refractivity contribution in [1.29, 1.82) is 0 Å². The molecular formula is C26H19ClFIN2O4. The molecule has 0 aliphatic carbocycles. The Bertz CT molecular complexity index is 1380. The lowest BCUT2D eigenvalue weighted by Gasteiger charge is -2.27. The summed E-state index contributed by atoms with van der Waals surface area (Å²) in [5.74, 6) is -1.41. The van der Waals surface area contributed by atoms with E-state index in [4.69, 9.17) is 16.3 Å². The summed E-state index contributed by atoms with van der Waals surface area (Å²) in [6, 6.07) is 15.4. The fraction of sp³-hybridized carbons (Fsp3) is 0.115. The standard InChI is InChI=1S/C26H19ClFIN2O4/c1-2-35-23-13-15(12-21(29)17(23)14-16-7-3-5-9-20(16)28)11-18-24(32)30-26(34)31(25(18)33)22-10-6-4-8-19(22)27/h3-13H,2,14H2,1H3,(H,30,32,34)/b18-11+. The number of ether oxygens (including phenoxy) is 1. The predicted molar refractivity (Wildman–Crippen MR) is 140 cm³/mol. The molecule has 178 valence electrons. The van der Waals surface area contributed by atoms with Crippen LogP contribution in [0.25, 0.3) is 6.08 Å². The third-order valence-electron chi connectivity index (χ3n) is 5.31. The molecule has 1 fully saturated rings. The van der Waals surface area contributed by atoms with Crippen molar-refractivity contribution in [2.75, 3.05) is 11.5 Å². The summed E-state index contributed by atoms with van der Waals surface area (Å²) in [5.41, 5.74) is 1.76. The molecule has 1 heterocycles. The summed E-state index contributed by atoms with van der Waals surface area (Å²) in [7, 11) is 0. The quantitative estimate of drug-likeness (QED) is 0.221. The number of carbonyl (C=O) groups is 3. The second-order valence-electron chi connectivity index (χ2n) is 7.59. The Morgan fingerprint density at radius 2 is 1.80 bits per heavy atom. The van der Waals surface area contributed by atoms with Crippen molar-refractivity contribution in [2.45, 2.75) is 13.3 Å². The van der Waals surface area contributed by atoms with Crippen LogP contribution in [0.4, 0.5) is 14.9 Å². The number of nitrogens with one attached hydrogen (secondary N) is 1. The van der Waals surface area contributed by atoms with E-state index in [0.717, 1.165) is 14.0 Å². The van der Waals surface area contributed by atoms with Gasteiger partial charge in [0.1, 0.15) is 17.1 Å². The highest BCUT2D eigenvalue weighted by Gasteiger charge is 2.37. The van der Waals surface area contributed by atoms with Crippen molar-refractivity contribution in [3.8, 4) is 5.75 Å². The first-order valence-electron chi connectivity index (χ1n) is 10.6. The maximum atomic E-state index is 14.3. The number of rotatable bonds is 6. The molecule has 1 N–H and O–H groups in total. The Kier molecular flexibility index (Phi) is 7.51. The Morgan fingerprint density at radius 3 is 2.51 bits per heavy atom. The Morgan fingerprint density at radius 1 is 1.09 bits per heavy atom. The van der Waals surface area contributed by atoms with E-state index in [0.29, 0.717) is 29.9 Å². The summed E-state index contributed by atoms with van der Waals surface area (Å²) in [6.07, 6.45) is 1.71. The van der Waals surface area contributed by atoms with Gasteiger partial charge >= 0.3 is 6.03 Å². The van der Waals surface area contributed by atoms with Crippen LogP contribution in [0.2, 0.25) is 5.02 Å². The number of para-hydroxylation sites is 1. The second kappa shape index (κ2) is 10.6. The lowest BCUT2D eigenvalue weighted by Crippen LogP contribution is -2.54. The molecule has 0 saturated carbocycles. The van der Waals surface area contributed by atoms with Crippen LogP contribution < -0.4 is 15.0 Å². The molecule has 1 aliphatic heterocycles. The van der Waals surface area contributed by atoms with Crippen molar-refractivity contribution in [1.82, 2.24) is 5.32 Å². The van der Waals surface area contributed by atoms with E-state index >= 15 is 0 Å². The number of carbonyl (C=O) groups excluding carboxylic acids is 3. The number of hydrogen-bond donors (Lipinski definition) is 1. The molecule has 6 nitrogen and oxygen atoms in total. The van der Waals surface area contributed by atoms with Gasteiger partial charge in [0.25, 0.3) is 11.8 Å². The molecule has 4 amide bonds. The lowest BCUT2D eigenvalue weighted by atomic mass is 10.00. The van der Waals surface area contributed by atoms with Crippen LogP contribution in [0.3, 0.4) is 0 Å². The van der Waals surface area contributed by atoms with Crippen LogP contribution in [0, 0.1) is 9.39 Å².